The van der Waals surface area contributed by atoms with E-state index in [-0.39, 0.29) is 29.2 Å². The molecule has 0 aromatic carbocycles. The smallest absolute Gasteiger partial charge is 0.311 e. The Labute approximate surface area is 160 Å². The van der Waals surface area contributed by atoms with Crippen molar-refractivity contribution in [2.24, 2.45) is 39.9 Å². The molecule has 1 spiro atoms. The van der Waals surface area contributed by atoms with Gasteiger partial charge in [0.15, 0.2) is 0 Å². The summed E-state index contributed by atoms with van der Waals surface area (Å²) in [6, 6.07) is 0. The van der Waals surface area contributed by atoms with Gasteiger partial charge in [-0.25, -0.2) is 0 Å². The van der Waals surface area contributed by atoms with Gasteiger partial charge in [0.25, 0.3) is 0 Å². The van der Waals surface area contributed by atoms with Gasteiger partial charge in [-0.05, 0) is 62.7 Å². The largest absolute Gasteiger partial charge is 0.469 e. The lowest BCUT2D eigenvalue weighted by Crippen LogP contribution is -2.52. The maximum atomic E-state index is 13.2. The first-order chi connectivity index (χ1) is 12.8. The summed E-state index contributed by atoms with van der Waals surface area (Å²) in [5, 5.41) is 0. The topological polar surface area (TPSA) is 69.7 Å². The van der Waals surface area contributed by atoms with E-state index in [4.69, 9.17) is 9.47 Å². The second kappa shape index (κ2) is 5.92. The zero-order valence-corrected chi connectivity index (χ0v) is 16.6. The van der Waals surface area contributed by atoms with Crippen LogP contribution >= 0.6 is 0 Å². The molecule has 4 saturated carbocycles. The number of carbonyl (C=O) groups excluding carboxylic acids is 3. The number of methoxy groups -OCH3 is 2. The van der Waals surface area contributed by atoms with Crippen LogP contribution in [-0.4, -0.2) is 32.4 Å². The average molecular weight is 374 g/mol. The lowest BCUT2D eigenvalue weighted by Gasteiger charge is -2.49. The minimum absolute atomic E-state index is 0.108. The molecular weight excluding hydrogens is 344 g/mol. The average Bonchev–Trinajstić information content (AvgIpc) is 3.08. The van der Waals surface area contributed by atoms with Crippen LogP contribution < -0.4 is 0 Å². The van der Waals surface area contributed by atoms with E-state index in [1.807, 2.05) is 6.92 Å². The van der Waals surface area contributed by atoms with Crippen molar-refractivity contribution in [1.29, 1.82) is 0 Å². The lowest BCUT2D eigenvalue weighted by molar-refractivity contribution is -0.171. The fourth-order valence-electron chi connectivity index (χ4n) is 7.97. The van der Waals surface area contributed by atoms with Crippen LogP contribution in [0, 0.1) is 39.9 Å². The van der Waals surface area contributed by atoms with Crippen molar-refractivity contribution in [3.63, 3.8) is 0 Å². The van der Waals surface area contributed by atoms with Crippen molar-refractivity contribution in [2.45, 2.75) is 51.9 Å². The summed E-state index contributed by atoms with van der Waals surface area (Å²) in [4.78, 5) is 38.8. The van der Waals surface area contributed by atoms with E-state index in [1.165, 1.54) is 19.8 Å². The summed E-state index contributed by atoms with van der Waals surface area (Å²) in [5.74, 6) is -0.884. The molecule has 0 saturated heterocycles. The Morgan fingerprint density at radius 3 is 2.56 bits per heavy atom. The van der Waals surface area contributed by atoms with Crippen LogP contribution in [0.1, 0.15) is 51.9 Å². The summed E-state index contributed by atoms with van der Waals surface area (Å²) in [7, 11) is 2.81. The summed E-state index contributed by atoms with van der Waals surface area (Å²) >= 11 is 0. The highest BCUT2D eigenvalue weighted by Crippen LogP contribution is 2.77. The highest BCUT2D eigenvalue weighted by atomic mass is 16.5. The van der Waals surface area contributed by atoms with Crippen LogP contribution in [-0.2, 0) is 23.9 Å². The molecule has 0 heterocycles. The molecule has 0 aromatic rings. The fraction of sp³-hybridized carbons (Fsp3) is 0.773. The van der Waals surface area contributed by atoms with Gasteiger partial charge >= 0.3 is 11.9 Å². The van der Waals surface area contributed by atoms with Gasteiger partial charge < -0.3 is 14.3 Å². The molecule has 0 amide bonds. The van der Waals surface area contributed by atoms with Gasteiger partial charge in [0.1, 0.15) is 6.29 Å². The van der Waals surface area contributed by atoms with Gasteiger partial charge in [-0.15, -0.1) is 0 Å². The first-order valence-corrected chi connectivity index (χ1v) is 10.1. The van der Waals surface area contributed by atoms with Crippen LogP contribution in [0.3, 0.4) is 0 Å². The third-order valence-electron chi connectivity index (χ3n) is 8.76. The standard InChI is InChI=1S/C22H30O5/c1-13-10-22-11-14(13)6-7-15(22)21(12-23)9-5-8-20(2,19(25)27-4)17(21)16(22)18(24)26-3/h12,14-17H,1,5-11H2,2-4H3/t14-,15?,16-,17?,20?,21-,22+/m1/s1. The number of allylic oxidation sites excluding steroid dienone is 1. The van der Waals surface area contributed by atoms with E-state index in [1.54, 1.807) is 0 Å². The number of hydrogen-bond acceptors (Lipinski definition) is 5. The van der Waals surface area contributed by atoms with Gasteiger partial charge in [0.2, 0.25) is 0 Å². The van der Waals surface area contributed by atoms with Crippen LogP contribution in [0.2, 0.25) is 0 Å². The molecule has 3 unspecified atom stereocenters. The Morgan fingerprint density at radius 2 is 1.93 bits per heavy atom. The minimum Gasteiger partial charge on any atom is -0.469 e. The Morgan fingerprint density at radius 1 is 1.19 bits per heavy atom. The minimum atomic E-state index is -0.849. The Bertz CT molecular complexity index is 713. The summed E-state index contributed by atoms with van der Waals surface area (Å²) in [6.45, 7) is 6.19. The monoisotopic (exact) mass is 374 g/mol. The van der Waals surface area contributed by atoms with Crippen LogP contribution in [0.15, 0.2) is 12.2 Å². The molecule has 27 heavy (non-hydrogen) atoms. The molecular formula is C22H30O5. The summed E-state index contributed by atoms with van der Waals surface area (Å²) in [6.07, 6.45) is 6.87. The zero-order chi connectivity index (χ0) is 19.6. The molecule has 0 radical (unpaired) electrons. The van der Waals surface area contributed by atoms with Gasteiger partial charge in [-0.3, -0.25) is 9.59 Å². The normalized spacial score (nSPS) is 47.7. The van der Waals surface area contributed by atoms with Crippen molar-refractivity contribution in [3.05, 3.63) is 12.2 Å². The molecule has 5 nitrogen and oxygen atoms in total. The quantitative estimate of drug-likeness (QED) is 0.431. The van der Waals surface area contributed by atoms with Gasteiger partial charge in [-0.2, -0.15) is 0 Å². The lowest BCUT2D eigenvalue weighted by atomic mass is 9.53. The van der Waals surface area contributed by atoms with Gasteiger partial charge in [0.05, 0.1) is 25.6 Å². The molecule has 7 atom stereocenters. The Balaban J connectivity index is 1.96. The van der Waals surface area contributed by atoms with Crippen molar-refractivity contribution < 1.29 is 23.9 Å². The molecule has 148 valence electrons. The zero-order valence-electron chi connectivity index (χ0n) is 16.6. The molecule has 0 N–H and O–H groups in total. The third-order valence-corrected chi connectivity index (χ3v) is 8.76. The molecule has 5 heteroatoms. The second-order valence-corrected chi connectivity index (χ2v) is 9.57. The molecule has 4 aliphatic rings. The first-order valence-electron chi connectivity index (χ1n) is 10.1. The number of fused-ring (bicyclic) bond motifs is 3. The number of esters is 2. The van der Waals surface area contributed by atoms with E-state index in [0.717, 1.165) is 44.8 Å². The number of rotatable bonds is 3. The maximum Gasteiger partial charge on any atom is 0.311 e. The Kier molecular flexibility index (Phi) is 4.10. The number of aldehydes is 1. The molecule has 4 fully saturated rings. The van der Waals surface area contributed by atoms with Crippen LogP contribution in [0.5, 0.6) is 0 Å². The second-order valence-electron chi connectivity index (χ2n) is 9.57. The van der Waals surface area contributed by atoms with E-state index in [2.05, 4.69) is 6.58 Å². The van der Waals surface area contributed by atoms with E-state index in [0.29, 0.717) is 12.3 Å². The van der Waals surface area contributed by atoms with E-state index in [9.17, 15) is 14.4 Å². The Hall–Kier alpha value is -1.65. The molecule has 0 aromatic heterocycles. The SMILES string of the molecule is C=C1C[C@]23C[C@H]1CCC2[C@]1(C=O)CCCC(C)(C(=O)OC)C1[C@@H]3C(=O)OC. The van der Waals surface area contributed by atoms with E-state index < -0.39 is 16.7 Å². The molecule has 2 bridgehead atoms. The predicted octanol–water partition coefficient (Wildman–Crippen LogP) is 3.32. The maximum absolute atomic E-state index is 13.2. The highest BCUT2D eigenvalue weighted by molar-refractivity contribution is 5.84. The van der Waals surface area contributed by atoms with E-state index >= 15 is 0 Å². The number of carbonyl (C=O) groups is 3. The third kappa shape index (κ3) is 2.09. The molecule has 0 aliphatic heterocycles. The van der Waals surface area contributed by atoms with Crippen molar-refractivity contribution >= 4 is 18.2 Å². The number of hydrogen-bond donors (Lipinski definition) is 0. The van der Waals surface area contributed by atoms with Crippen LogP contribution in [0.25, 0.3) is 0 Å². The van der Waals surface area contributed by atoms with Crippen LogP contribution in [0.4, 0.5) is 0 Å². The predicted molar refractivity (Wildman–Crippen MR) is 98.5 cm³/mol. The van der Waals surface area contributed by atoms with Crippen molar-refractivity contribution in [2.75, 3.05) is 14.2 Å². The molecule has 4 rings (SSSR count). The summed E-state index contributed by atoms with van der Waals surface area (Å²) in [5.41, 5.74) is -0.613. The summed E-state index contributed by atoms with van der Waals surface area (Å²) < 4.78 is 10.5. The highest BCUT2D eigenvalue weighted by Gasteiger charge is 2.76. The molecule has 4 aliphatic carbocycles. The first kappa shape index (κ1) is 18.7. The van der Waals surface area contributed by atoms with Crippen molar-refractivity contribution in [1.82, 2.24) is 0 Å². The fourth-order valence-corrected chi connectivity index (χ4v) is 7.97. The number of ether oxygens (including phenoxy) is 2. The van der Waals surface area contributed by atoms with Gasteiger partial charge in [-0.1, -0.05) is 18.6 Å². The van der Waals surface area contributed by atoms with Gasteiger partial charge in [0, 0.05) is 11.3 Å². The van der Waals surface area contributed by atoms with Crippen molar-refractivity contribution in [3.8, 4) is 0 Å².